The van der Waals surface area contributed by atoms with Crippen molar-refractivity contribution in [1.82, 2.24) is 9.80 Å². The molecule has 0 saturated heterocycles. The molecule has 22 heavy (non-hydrogen) atoms. The maximum Gasteiger partial charge on any atom is 0.331 e. The normalized spacial score (nSPS) is 11.9. The van der Waals surface area contributed by atoms with Gasteiger partial charge in [-0.1, -0.05) is 0 Å². The molecule has 2 amide bonds. The molecule has 0 saturated carbocycles. The minimum atomic E-state index is -0.649. The van der Waals surface area contributed by atoms with Crippen molar-refractivity contribution in [3.05, 3.63) is 12.2 Å². The second-order valence-corrected chi connectivity index (χ2v) is 4.58. The molecule has 0 fully saturated rings. The van der Waals surface area contributed by atoms with Crippen LogP contribution in [0, 0.1) is 0 Å². The molecule has 0 aliphatic rings. The van der Waals surface area contributed by atoms with Crippen molar-refractivity contribution in [3.8, 4) is 0 Å². The molecule has 126 valence electrons. The minimum absolute atomic E-state index is 0.0607. The van der Waals surface area contributed by atoms with E-state index < -0.39 is 11.9 Å². The fourth-order valence-electron chi connectivity index (χ4n) is 1.86. The van der Waals surface area contributed by atoms with Gasteiger partial charge in [0.1, 0.15) is 6.61 Å². The summed E-state index contributed by atoms with van der Waals surface area (Å²) in [6.07, 6.45) is 1.99. The van der Waals surface area contributed by atoms with Crippen molar-refractivity contribution in [2.45, 2.75) is 33.7 Å². The number of hydrogen-bond acceptors (Lipinski definition) is 5. The Kier molecular flexibility index (Phi) is 9.65. The van der Waals surface area contributed by atoms with Crippen molar-refractivity contribution < 1.29 is 23.9 Å². The van der Waals surface area contributed by atoms with Gasteiger partial charge in [-0.05, 0) is 27.7 Å². The van der Waals surface area contributed by atoms with Crippen LogP contribution in [0.15, 0.2) is 12.2 Å². The molecular weight excluding hydrogens is 288 g/mol. The lowest BCUT2D eigenvalue weighted by Gasteiger charge is -2.32. The summed E-state index contributed by atoms with van der Waals surface area (Å²) in [4.78, 5) is 38.0. The van der Waals surface area contributed by atoms with Crippen molar-refractivity contribution in [2.24, 2.45) is 0 Å². The number of esters is 2. The van der Waals surface area contributed by atoms with Crippen LogP contribution < -0.4 is 0 Å². The van der Waals surface area contributed by atoms with Crippen LogP contribution in [0.2, 0.25) is 0 Å². The Morgan fingerprint density at radius 3 is 2.00 bits per heavy atom. The van der Waals surface area contributed by atoms with Gasteiger partial charge in [0, 0.05) is 31.8 Å². The highest BCUT2D eigenvalue weighted by molar-refractivity contribution is 5.91. The minimum Gasteiger partial charge on any atom is -0.466 e. The highest BCUT2D eigenvalue weighted by atomic mass is 16.5. The number of rotatable bonds is 8. The standard InChI is InChI=1S/C15H26N2O5/c1-6-16(7-2)15(20)17(8-3)12(4)11-22-14(19)10-9-13(18)21-5/h9-10,12H,6-8,11H2,1-5H3/b10-9+/t12-/m0/s1. The van der Waals surface area contributed by atoms with Gasteiger partial charge >= 0.3 is 18.0 Å². The number of methoxy groups -OCH3 is 1. The molecule has 1 atom stereocenters. The first-order valence-corrected chi connectivity index (χ1v) is 7.39. The van der Waals surface area contributed by atoms with Crippen LogP contribution in [0.5, 0.6) is 0 Å². The van der Waals surface area contributed by atoms with Gasteiger partial charge in [0.05, 0.1) is 13.2 Å². The SMILES string of the molecule is CCN(CC)C(=O)N(CC)[C@@H](C)COC(=O)/C=C/C(=O)OC. The molecule has 7 heteroatoms. The number of carbonyl (C=O) groups is 3. The average Bonchev–Trinajstić information content (AvgIpc) is 2.52. The van der Waals surface area contributed by atoms with E-state index in [1.807, 2.05) is 27.7 Å². The van der Waals surface area contributed by atoms with E-state index in [4.69, 9.17) is 4.74 Å². The van der Waals surface area contributed by atoms with Crippen molar-refractivity contribution in [2.75, 3.05) is 33.4 Å². The van der Waals surface area contributed by atoms with Gasteiger partial charge in [-0.25, -0.2) is 14.4 Å². The Morgan fingerprint density at radius 1 is 1.00 bits per heavy atom. The van der Waals surface area contributed by atoms with E-state index in [1.54, 1.807) is 9.80 Å². The summed E-state index contributed by atoms with van der Waals surface area (Å²) in [5.41, 5.74) is 0. The summed E-state index contributed by atoms with van der Waals surface area (Å²) in [5, 5.41) is 0. The second-order valence-electron chi connectivity index (χ2n) is 4.58. The number of carbonyl (C=O) groups excluding carboxylic acids is 3. The van der Waals surface area contributed by atoms with Crippen LogP contribution in [-0.4, -0.2) is 67.2 Å². The van der Waals surface area contributed by atoms with Crippen LogP contribution in [0.4, 0.5) is 4.79 Å². The van der Waals surface area contributed by atoms with Crippen LogP contribution in [0.1, 0.15) is 27.7 Å². The third-order valence-electron chi connectivity index (χ3n) is 3.18. The van der Waals surface area contributed by atoms with Crippen molar-refractivity contribution >= 4 is 18.0 Å². The first-order valence-electron chi connectivity index (χ1n) is 7.39. The summed E-state index contributed by atoms with van der Waals surface area (Å²) in [6, 6.07) is -0.338. The monoisotopic (exact) mass is 314 g/mol. The topological polar surface area (TPSA) is 76.2 Å². The molecule has 0 aliphatic carbocycles. The smallest absolute Gasteiger partial charge is 0.331 e. The third kappa shape index (κ3) is 6.60. The van der Waals surface area contributed by atoms with Gasteiger partial charge in [-0.2, -0.15) is 0 Å². The first kappa shape index (κ1) is 19.9. The van der Waals surface area contributed by atoms with Gasteiger partial charge in [0.15, 0.2) is 0 Å². The molecule has 0 bridgehead atoms. The summed E-state index contributed by atoms with van der Waals surface area (Å²) in [6.45, 7) is 9.34. The van der Waals surface area contributed by atoms with Crippen molar-refractivity contribution in [1.29, 1.82) is 0 Å². The van der Waals surface area contributed by atoms with E-state index in [0.717, 1.165) is 12.2 Å². The van der Waals surface area contributed by atoms with Gasteiger partial charge in [-0.15, -0.1) is 0 Å². The predicted octanol–water partition coefficient (Wildman–Crippen LogP) is 1.43. The molecule has 0 N–H and O–H groups in total. The molecule has 0 unspecified atom stereocenters. The number of ether oxygens (including phenoxy) is 2. The maximum absolute atomic E-state index is 12.3. The lowest BCUT2D eigenvalue weighted by molar-refractivity contribution is -0.140. The number of hydrogen-bond donors (Lipinski definition) is 0. The molecule has 0 aromatic rings. The van der Waals surface area contributed by atoms with Crippen LogP contribution in [0.25, 0.3) is 0 Å². The van der Waals surface area contributed by atoms with E-state index in [0.29, 0.717) is 19.6 Å². The molecule has 0 aromatic carbocycles. The highest BCUT2D eigenvalue weighted by Gasteiger charge is 2.23. The number of urea groups is 1. The van der Waals surface area contributed by atoms with Gasteiger partial charge in [-0.3, -0.25) is 0 Å². The predicted molar refractivity (Wildman–Crippen MR) is 82.3 cm³/mol. The van der Waals surface area contributed by atoms with Crippen LogP contribution in [-0.2, 0) is 19.1 Å². The molecule has 0 aromatic heterocycles. The van der Waals surface area contributed by atoms with E-state index >= 15 is 0 Å². The van der Waals surface area contributed by atoms with Crippen LogP contribution in [0.3, 0.4) is 0 Å². The number of amides is 2. The zero-order chi connectivity index (χ0) is 17.1. The van der Waals surface area contributed by atoms with E-state index in [1.165, 1.54) is 7.11 Å². The van der Waals surface area contributed by atoms with Gasteiger partial charge in [0.2, 0.25) is 0 Å². The Balaban J connectivity index is 4.52. The van der Waals surface area contributed by atoms with Crippen molar-refractivity contribution in [3.63, 3.8) is 0 Å². The number of likely N-dealkylation sites (N-methyl/N-ethyl adjacent to an activating group) is 1. The van der Waals surface area contributed by atoms with Crippen LogP contribution >= 0.6 is 0 Å². The average molecular weight is 314 g/mol. The lowest BCUT2D eigenvalue weighted by Crippen LogP contribution is -2.48. The molecule has 0 radical (unpaired) electrons. The fraction of sp³-hybridized carbons (Fsp3) is 0.667. The Hall–Kier alpha value is -2.05. The highest BCUT2D eigenvalue weighted by Crippen LogP contribution is 2.06. The lowest BCUT2D eigenvalue weighted by atomic mass is 10.3. The number of nitrogens with zero attached hydrogens (tertiary/aromatic N) is 2. The summed E-state index contributed by atoms with van der Waals surface area (Å²) < 4.78 is 9.41. The molecule has 0 spiro atoms. The summed E-state index contributed by atoms with van der Waals surface area (Å²) >= 11 is 0. The largest absolute Gasteiger partial charge is 0.466 e. The van der Waals surface area contributed by atoms with E-state index in [9.17, 15) is 14.4 Å². The maximum atomic E-state index is 12.3. The summed E-state index contributed by atoms with van der Waals surface area (Å²) in [7, 11) is 1.22. The Bertz CT molecular complexity index is 405. The Morgan fingerprint density at radius 2 is 1.55 bits per heavy atom. The van der Waals surface area contributed by atoms with Gasteiger partial charge < -0.3 is 19.3 Å². The second kappa shape index (κ2) is 10.6. The molecule has 0 rings (SSSR count). The molecule has 0 heterocycles. The molecular formula is C15H26N2O5. The molecule has 7 nitrogen and oxygen atoms in total. The van der Waals surface area contributed by atoms with E-state index in [-0.39, 0.29) is 18.7 Å². The van der Waals surface area contributed by atoms with E-state index in [2.05, 4.69) is 4.74 Å². The van der Waals surface area contributed by atoms with Gasteiger partial charge in [0.25, 0.3) is 0 Å². The molecule has 0 aliphatic heterocycles. The zero-order valence-electron chi connectivity index (χ0n) is 14.0. The third-order valence-corrected chi connectivity index (χ3v) is 3.18. The summed E-state index contributed by atoms with van der Waals surface area (Å²) in [5.74, 6) is -1.28. The first-order chi connectivity index (χ1) is 10.4. The fourth-order valence-corrected chi connectivity index (χ4v) is 1.86. The Labute approximate surface area is 131 Å². The zero-order valence-corrected chi connectivity index (χ0v) is 14.0. The quantitative estimate of drug-likeness (QED) is 0.500.